The molecule has 0 aromatic carbocycles. The lowest BCUT2D eigenvalue weighted by atomic mass is 9.99. The number of allylic oxidation sites excluding steroid dienone is 17. The second kappa shape index (κ2) is 55.8. The van der Waals surface area contributed by atoms with Gasteiger partial charge in [-0.25, -0.2) is 0 Å². The average Bonchev–Trinajstić information content (AvgIpc) is 3.48. The lowest BCUT2D eigenvalue weighted by Gasteiger charge is -2.41. The largest absolute Gasteiger partial charge is 0.454 e. The van der Waals surface area contributed by atoms with Gasteiger partial charge in [-0.05, 0) is 96.3 Å². The highest BCUT2D eigenvalue weighted by Crippen LogP contribution is 2.26. The van der Waals surface area contributed by atoms with Crippen molar-refractivity contribution in [2.45, 2.75) is 301 Å². The van der Waals surface area contributed by atoms with Crippen LogP contribution in [0.25, 0.3) is 0 Å². The predicted octanol–water partition coefficient (Wildman–Crippen LogP) is 15.7. The molecule has 0 aliphatic carbocycles. The van der Waals surface area contributed by atoms with Crippen molar-refractivity contribution in [3.63, 3.8) is 0 Å². The number of esters is 1. The number of unbranched alkanes of at least 4 members (excludes halogenated alkanes) is 23. The fourth-order valence-electron chi connectivity index (χ4n) is 9.35. The molecule has 1 aliphatic heterocycles. The van der Waals surface area contributed by atoms with Crippen molar-refractivity contribution in [3.05, 3.63) is 109 Å². The molecule has 458 valence electrons. The summed E-state index contributed by atoms with van der Waals surface area (Å²) in [6.07, 6.45) is 65.6. The summed E-state index contributed by atoms with van der Waals surface area (Å²) < 4.78 is 17.5. The van der Waals surface area contributed by atoms with E-state index in [2.05, 4.69) is 111 Å². The highest BCUT2D eigenvalue weighted by Gasteiger charge is 2.47. The van der Waals surface area contributed by atoms with E-state index in [4.69, 9.17) is 14.2 Å². The SMILES string of the molecule is CC/C=C\C/C=C\C/C=C\C/C=C\C/C=C\C/C=C\CCC(=O)OC1C(OCC(NC(=O)C(O)CCCCCCCCCCCC/C=C\C/C=C\CCCCC)C(O)/C=C/CCCCCCCCCCCC)OC(CO)C(O)C1O. The maximum absolute atomic E-state index is 13.4. The van der Waals surface area contributed by atoms with E-state index in [1.54, 1.807) is 6.08 Å². The summed E-state index contributed by atoms with van der Waals surface area (Å²) in [5.41, 5.74) is 0. The van der Waals surface area contributed by atoms with E-state index in [0.29, 0.717) is 19.3 Å². The standard InChI is InChI=1S/C69H117NO10/c1-4-7-10-13-16-19-22-25-27-29-31-33-34-36-38-41-44-47-50-53-56-62(73)68(77)70-60(61(72)55-52-49-46-43-40-24-21-18-15-12-9-6-3)59-78-69-67(66(76)65(75)63(58-71)79-69)80-64(74)57-54-51-48-45-42-39-37-35-32-30-28-26-23-20-17-14-11-8-5-2/h8,11,16-17,19-20,25-28,32,35,39,42,48,51-52,55,60-63,65-67,69,71-73,75-76H,4-7,9-10,12-15,18,21-24,29-31,33-34,36-38,40-41,43-47,49-50,53-54,56-59H2,1-3H3,(H,70,77)/b11-8-,19-16-,20-17-,27-25-,28-26-,35-32-,42-39-,51-48-,55-52+. The summed E-state index contributed by atoms with van der Waals surface area (Å²) >= 11 is 0. The van der Waals surface area contributed by atoms with Crippen molar-refractivity contribution in [2.75, 3.05) is 13.2 Å². The first-order valence-corrected chi connectivity index (χ1v) is 32.2. The molecule has 0 aromatic rings. The maximum atomic E-state index is 13.4. The van der Waals surface area contributed by atoms with Gasteiger partial charge in [0.05, 0.1) is 25.4 Å². The quantitative estimate of drug-likeness (QED) is 0.0195. The molecule has 1 fully saturated rings. The van der Waals surface area contributed by atoms with Crippen LogP contribution >= 0.6 is 0 Å². The van der Waals surface area contributed by atoms with Gasteiger partial charge in [0.15, 0.2) is 12.4 Å². The highest BCUT2D eigenvalue weighted by atomic mass is 16.7. The zero-order valence-electron chi connectivity index (χ0n) is 50.7. The lowest BCUT2D eigenvalue weighted by molar-refractivity contribution is -0.305. The summed E-state index contributed by atoms with van der Waals surface area (Å²) in [5.74, 6) is -1.29. The molecule has 80 heavy (non-hydrogen) atoms. The Morgan fingerprint density at radius 2 is 0.900 bits per heavy atom. The maximum Gasteiger partial charge on any atom is 0.306 e. The van der Waals surface area contributed by atoms with Gasteiger partial charge >= 0.3 is 5.97 Å². The number of aliphatic hydroxyl groups is 5. The molecule has 1 amide bonds. The zero-order chi connectivity index (χ0) is 58.2. The molecule has 0 saturated carbocycles. The summed E-state index contributed by atoms with van der Waals surface area (Å²) in [6.45, 7) is 5.61. The minimum atomic E-state index is -1.65. The van der Waals surface area contributed by atoms with Crippen molar-refractivity contribution >= 4 is 11.9 Å². The third-order valence-corrected chi connectivity index (χ3v) is 14.4. The van der Waals surface area contributed by atoms with Crippen LogP contribution in [0.15, 0.2) is 109 Å². The third kappa shape index (κ3) is 43.1. The molecule has 8 unspecified atom stereocenters. The monoisotopic (exact) mass is 1120 g/mol. The number of ether oxygens (including phenoxy) is 3. The van der Waals surface area contributed by atoms with Crippen molar-refractivity contribution in [3.8, 4) is 0 Å². The smallest absolute Gasteiger partial charge is 0.306 e. The number of hydrogen-bond donors (Lipinski definition) is 6. The second-order valence-electron chi connectivity index (χ2n) is 21.8. The molecule has 11 heteroatoms. The number of amides is 1. The molecule has 1 saturated heterocycles. The minimum absolute atomic E-state index is 0.00667. The molecule has 0 radical (unpaired) electrons. The van der Waals surface area contributed by atoms with E-state index in [1.165, 1.54) is 109 Å². The minimum Gasteiger partial charge on any atom is -0.454 e. The van der Waals surface area contributed by atoms with Crippen LogP contribution in [0.2, 0.25) is 0 Å². The third-order valence-electron chi connectivity index (χ3n) is 14.4. The van der Waals surface area contributed by atoms with Crippen LogP contribution in [-0.2, 0) is 23.8 Å². The Morgan fingerprint density at radius 1 is 0.500 bits per heavy atom. The molecule has 1 aliphatic rings. The summed E-state index contributed by atoms with van der Waals surface area (Å²) in [7, 11) is 0. The van der Waals surface area contributed by atoms with Gasteiger partial charge in [0, 0.05) is 6.42 Å². The van der Waals surface area contributed by atoms with Crippen molar-refractivity contribution in [1.29, 1.82) is 0 Å². The first kappa shape index (κ1) is 74.3. The van der Waals surface area contributed by atoms with E-state index in [0.717, 1.165) is 89.9 Å². The van der Waals surface area contributed by atoms with E-state index in [9.17, 15) is 35.1 Å². The van der Waals surface area contributed by atoms with Crippen LogP contribution in [0, 0.1) is 0 Å². The molecule has 0 bridgehead atoms. The normalized spacial score (nSPS) is 19.5. The first-order valence-electron chi connectivity index (χ1n) is 32.2. The molecule has 6 N–H and O–H groups in total. The van der Waals surface area contributed by atoms with E-state index >= 15 is 0 Å². The van der Waals surface area contributed by atoms with E-state index in [-0.39, 0.29) is 19.4 Å². The topological polar surface area (TPSA) is 175 Å². The van der Waals surface area contributed by atoms with Gasteiger partial charge in [-0.2, -0.15) is 0 Å². The molecule has 1 heterocycles. The fourth-order valence-corrected chi connectivity index (χ4v) is 9.35. The molecule has 8 atom stereocenters. The summed E-state index contributed by atoms with van der Waals surface area (Å²) in [5, 5.41) is 57.0. The molecule has 1 rings (SSSR count). The van der Waals surface area contributed by atoms with Crippen molar-refractivity contribution in [2.24, 2.45) is 0 Å². The van der Waals surface area contributed by atoms with Gasteiger partial charge in [0.2, 0.25) is 5.91 Å². The molecule has 11 nitrogen and oxygen atoms in total. The zero-order valence-corrected chi connectivity index (χ0v) is 50.7. The van der Waals surface area contributed by atoms with Gasteiger partial charge in [-0.3, -0.25) is 9.59 Å². The Bertz CT molecular complexity index is 1710. The van der Waals surface area contributed by atoms with E-state index < -0.39 is 67.4 Å². The second-order valence-corrected chi connectivity index (χ2v) is 21.8. The lowest BCUT2D eigenvalue weighted by Crippen LogP contribution is -2.61. The Labute approximate surface area is 488 Å². The van der Waals surface area contributed by atoms with Crippen LogP contribution in [-0.4, -0.2) is 99.6 Å². The van der Waals surface area contributed by atoms with Gasteiger partial charge in [0.1, 0.15) is 24.4 Å². The average molecular weight is 1120 g/mol. The van der Waals surface area contributed by atoms with Crippen LogP contribution in [0.4, 0.5) is 0 Å². The molecule has 0 aromatic heterocycles. The van der Waals surface area contributed by atoms with E-state index in [1.807, 2.05) is 18.2 Å². The van der Waals surface area contributed by atoms with Gasteiger partial charge in [-0.1, -0.05) is 259 Å². The fraction of sp³-hybridized carbons (Fsp3) is 0.710. The molecular formula is C69H117NO10. The number of carbonyl (C=O) groups is 2. The van der Waals surface area contributed by atoms with Crippen LogP contribution in [0.5, 0.6) is 0 Å². The number of nitrogens with one attached hydrogen (secondary N) is 1. The Balaban J connectivity index is 2.70. The molecular weight excluding hydrogens is 1000 g/mol. The number of carbonyl (C=O) groups excluding carboxylic acids is 2. The Hall–Kier alpha value is -3.68. The molecule has 0 spiro atoms. The van der Waals surface area contributed by atoms with Gasteiger partial charge in [-0.15, -0.1) is 0 Å². The number of hydrogen-bond acceptors (Lipinski definition) is 10. The van der Waals surface area contributed by atoms with Crippen LogP contribution in [0.3, 0.4) is 0 Å². The summed E-state index contributed by atoms with van der Waals surface area (Å²) in [4.78, 5) is 26.5. The van der Waals surface area contributed by atoms with Gasteiger partial charge in [0.25, 0.3) is 0 Å². The van der Waals surface area contributed by atoms with Crippen LogP contribution in [0.1, 0.15) is 252 Å². The van der Waals surface area contributed by atoms with Crippen molar-refractivity contribution < 1.29 is 49.3 Å². The first-order chi connectivity index (χ1) is 39.2. The summed E-state index contributed by atoms with van der Waals surface area (Å²) in [6, 6.07) is -1.05. The van der Waals surface area contributed by atoms with Crippen LogP contribution < -0.4 is 5.32 Å². The van der Waals surface area contributed by atoms with Crippen molar-refractivity contribution in [1.82, 2.24) is 5.32 Å². The Kier molecular flexibility index (Phi) is 51.9. The highest BCUT2D eigenvalue weighted by molar-refractivity contribution is 5.80. The number of rotatable bonds is 53. The number of aliphatic hydroxyl groups excluding tert-OH is 5. The predicted molar refractivity (Wildman–Crippen MR) is 333 cm³/mol. The van der Waals surface area contributed by atoms with Gasteiger partial charge < -0.3 is 45.1 Å². The Morgan fingerprint density at radius 3 is 1.38 bits per heavy atom.